The first-order valence-electron chi connectivity index (χ1n) is 6.61. The zero-order valence-electron chi connectivity index (χ0n) is 11.6. The molecule has 0 saturated carbocycles. The van der Waals surface area contributed by atoms with Crippen LogP contribution in [0.1, 0.15) is 51.3 Å². The minimum absolute atomic E-state index is 0.00859. The summed E-state index contributed by atoms with van der Waals surface area (Å²) in [6, 6.07) is 3.96. The molecular formula is C15H22O3. The number of hydrogen-bond donors (Lipinski definition) is 1. The van der Waals surface area contributed by atoms with Crippen molar-refractivity contribution in [2.24, 2.45) is 0 Å². The monoisotopic (exact) mass is 250 g/mol. The van der Waals surface area contributed by atoms with Gasteiger partial charge in [0.25, 0.3) is 0 Å². The Morgan fingerprint density at radius 2 is 1.72 bits per heavy atom. The van der Waals surface area contributed by atoms with Crippen molar-refractivity contribution in [2.75, 3.05) is 13.2 Å². The maximum atomic E-state index is 10.1. The van der Waals surface area contributed by atoms with Crippen molar-refractivity contribution in [1.29, 1.82) is 0 Å². The average molecular weight is 250 g/mol. The number of ether oxygens (including phenoxy) is 2. The molecule has 1 aliphatic rings. The van der Waals surface area contributed by atoms with E-state index in [9.17, 15) is 5.11 Å². The quantitative estimate of drug-likeness (QED) is 0.892. The number of aliphatic hydroxyl groups excluding tert-OH is 1. The Hall–Kier alpha value is -1.22. The van der Waals surface area contributed by atoms with Gasteiger partial charge >= 0.3 is 0 Å². The van der Waals surface area contributed by atoms with Gasteiger partial charge in [0.2, 0.25) is 0 Å². The highest BCUT2D eigenvalue weighted by Gasteiger charge is 2.37. The molecule has 18 heavy (non-hydrogen) atoms. The largest absolute Gasteiger partial charge is 0.490 e. The highest BCUT2D eigenvalue weighted by molar-refractivity contribution is 5.52. The molecule has 100 valence electrons. The van der Waals surface area contributed by atoms with E-state index < -0.39 is 6.10 Å². The maximum absolute atomic E-state index is 10.1. The van der Waals surface area contributed by atoms with Crippen molar-refractivity contribution in [3.8, 4) is 11.5 Å². The SMILES string of the molecule is CCOc1cc2c(cc1OCC)C(C)(C)CC2O. The summed E-state index contributed by atoms with van der Waals surface area (Å²) >= 11 is 0. The normalized spacial score (nSPS) is 20.6. The van der Waals surface area contributed by atoms with E-state index in [2.05, 4.69) is 13.8 Å². The Morgan fingerprint density at radius 3 is 2.28 bits per heavy atom. The first-order chi connectivity index (χ1) is 8.49. The molecule has 2 rings (SSSR count). The van der Waals surface area contributed by atoms with Crippen LogP contribution in [0.25, 0.3) is 0 Å². The van der Waals surface area contributed by atoms with Crippen molar-refractivity contribution < 1.29 is 14.6 Å². The van der Waals surface area contributed by atoms with E-state index in [1.807, 2.05) is 26.0 Å². The zero-order valence-corrected chi connectivity index (χ0v) is 11.6. The van der Waals surface area contributed by atoms with Crippen LogP contribution in [0.5, 0.6) is 11.5 Å². The third kappa shape index (κ3) is 2.19. The number of fused-ring (bicyclic) bond motifs is 1. The molecule has 0 heterocycles. The van der Waals surface area contributed by atoms with Gasteiger partial charge < -0.3 is 14.6 Å². The Labute approximate surface area is 109 Å². The standard InChI is InChI=1S/C15H22O3/c1-5-17-13-7-10-11(8-14(13)18-6-2)15(3,4)9-12(10)16/h7-8,12,16H,5-6,9H2,1-4H3. The smallest absolute Gasteiger partial charge is 0.161 e. The molecule has 0 aromatic heterocycles. The van der Waals surface area contributed by atoms with Gasteiger partial charge in [-0.3, -0.25) is 0 Å². The van der Waals surface area contributed by atoms with Crippen molar-refractivity contribution in [2.45, 2.75) is 45.6 Å². The van der Waals surface area contributed by atoms with Crippen LogP contribution in [-0.2, 0) is 5.41 Å². The second kappa shape index (κ2) is 4.81. The second-order valence-electron chi connectivity index (χ2n) is 5.36. The summed E-state index contributed by atoms with van der Waals surface area (Å²) in [5, 5.41) is 10.1. The molecule has 3 heteroatoms. The van der Waals surface area contributed by atoms with Gasteiger partial charge in [0, 0.05) is 0 Å². The van der Waals surface area contributed by atoms with E-state index >= 15 is 0 Å². The third-order valence-corrected chi connectivity index (χ3v) is 3.51. The van der Waals surface area contributed by atoms with Crippen LogP contribution in [0.3, 0.4) is 0 Å². The molecule has 0 amide bonds. The van der Waals surface area contributed by atoms with Gasteiger partial charge in [-0.25, -0.2) is 0 Å². The van der Waals surface area contributed by atoms with Crippen molar-refractivity contribution in [3.05, 3.63) is 23.3 Å². The van der Waals surface area contributed by atoms with Gasteiger partial charge in [-0.15, -0.1) is 0 Å². The fourth-order valence-corrected chi connectivity index (χ4v) is 2.68. The zero-order chi connectivity index (χ0) is 13.3. The topological polar surface area (TPSA) is 38.7 Å². The van der Waals surface area contributed by atoms with E-state index in [1.54, 1.807) is 0 Å². The van der Waals surface area contributed by atoms with Gasteiger partial charge in [-0.05, 0) is 48.9 Å². The molecule has 1 N–H and O–H groups in total. The molecule has 3 nitrogen and oxygen atoms in total. The highest BCUT2D eigenvalue weighted by atomic mass is 16.5. The summed E-state index contributed by atoms with van der Waals surface area (Å²) in [4.78, 5) is 0. The van der Waals surface area contributed by atoms with Crippen molar-refractivity contribution in [3.63, 3.8) is 0 Å². The number of benzene rings is 1. The molecular weight excluding hydrogens is 228 g/mol. The molecule has 1 atom stereocenters. The van der Waals surface area contributed by atoms with Crippen LogP contribution in [0.4, 0.5) is 0 Å². The van der Waals surface area contributed by atoms with Gasteiger partial charge in [0.15, 0.2) is 11.5 Å². The first kappa shape index (κ1) is 13.2. The fourth-order valence-electron chi connectivity index (χ4n) is 2.68. The Kier molecular flexibility index (Phi) is 3.53. The predicted molar refractivity (Wildman–Crippen MR) is 71.4 cm³/mol. The van der Waals surface area contributed by atoms with Gasteiger partial charge in [-0.1, -0.05) is 13.8 Å². The van der Waals surface area contributed by atoms with Gasteiger partial charge in [-0.2, -0.15) is 0 Å². The van der Waals surface area contributed by atoms with E-state index in [-0.39, 0.29) is 5.41 Å². The summed E-state index contributed by atoms with van der Waals surface area (Å²) in [5.74, 6) is 1.51. The van der Waals surface area contributed by atoms with E-state index in [0.717, 1.165) is 23.5 Å². The van der Waals surface area contributed by atoms with Crippen LogP contribution in [0.2, 0.25) is 0 Å². The number of hydrogen-bond acceptors (Lipinski definition) is 3. The predicted octanol–water partition coefficient (Wildman–Crippen LogP) is 3.20. The summed E-state index contributed by atoms with van der Waals surface area (Å²) in [7, 11) is 0. The third-order valence-electron chi connectivity index (χ3n) is 3.51. The molecule has 0 spiro atoms. The minimum Gasteiger partial charge on any atom is -0.490 e. The number of aliphatic hydroxyl groups is 1. The molecule has 1 aromatic rings. The molecule has 1 unspecified atom stereocenters. The second-order valence-corrected chi connectivity index (χ2v) is 5.36. The lowest BCUT2D eigenvalue weighted by Crippen LogP contribution is -2.12. The van der Waals surface area contributed by atoms with Crippen LogP contribution in [0, 0.1) is 0 Å². The lowest BCUT2D eigenvalue weighted by molar-refractivity contribution is 0.161. The van der Waals surface area contributed by atoms with Crippen LogP contribution >= 0.6 is 0 Å². The summed E-state index contributed by atoms with van der Waals surface area (Å²) in [6.45, 7) is 9.42. The molecule has 0 radical (unpaired) electrons. The van der Waals surface area contributed by atoms with Crippen LogP contribution < -0.4 is 9.47 Å². The Bertz CT molecular complexity index is 438. The minimum atomic E-state index is -0.398. The maximum Gasteiger partial charge on any atom is 0.161 e. The fraction of sp³-hybridized carbons (Fsp3) is 0.600. The van der Waals surface area contributed by atoms with E-state index in [0.29, 0.717) is 13.2 Å². The van der Waals surface area contributed by atoms with Gasteiger partial charge in [0.05, 0.1) is 19.3 Å². The van der Waals surface area contributed by atoms with Gasteiger partial charge in [0.1, 0.15) is 0 Å². The molecule has 1 aliphatic carbocycles. The Balaban J connectivity index is 2.50. The van der Waals surface area contributed by atoms with Crippen LogP contribution in [0.15, 0.2) is 12.1 Å². The molecule has 0 bridgehead atoms. The number of rotatable bonds is 4. The highest BCUT2D eigenvalue weighted by Crippen LogP contribution is 2.48. The van der Waals surface area contributed by atoms with Crippen molar-refractivity contribution in [1.82, 2.24) is 0 Å². The van der Waals surface area contributed by atoms with E-state index in [4.69, 9.17) is 9.47 Å². The van der Waals surface area contributed by atoms with Crippen molar-refractivity contribution >= 4 is 0 Å². The summed E-state index contributed by atoms with van der Waals surface area (Å²) < 4.78 is 11.2. The van der Waals surface area contributed by atoms with E-state index in [1.165, 1.54) is 5.56 Å². The lowest BCUT2D eigenvalue weighted by atomic mass is 9.86. The average Bonchev–Trinajstić information content (AvgIpc) is 2.51. The molecule has 1 aromatic carbocycles. The summed E-state index contributed by atoms with van der Waals surface area (Å²) in [5.41, 5.74) is 2.14. The molecule has 0 aliphatic heterocycles. The Morgan fingerprint density at radius 1 is 1.17 bits per heavy atom. The molecule has 0 fully saturated rings. The lowest BCUT2D eigenvalue weighted by Gasteiger charge is -2.20. The molecule has 0 saturated heterocycles. The summed E-state index contributed by atoms with van der Waals surface area (Å²) in [6.07, 6.45) is 0.355. The first-order valence-corrected chi connectivity index (χ1v) is 6.61. The van der Waals surface area contributed by atoms with Crippen LogP contribution in [-0.4, -0.2) is 18.3 Å².